The Hall–Kier alpha value is -2.31. The van der Waals surface area contributed by atoms with Gasteiger partial charge in [0.2, 0.25) is 5.91 Å². The van der Waals surface area contributed by atoms with Crippen molar-refractivity contribution in [2.24, 2.45) is 11.8 Å². The van der Waals surface area contributed by atoms with Gasteiger partial charge >= 0.3 is 5.97 Å². The van der Waals surface area contributed by atoms with Crippen molar-refractivity contribution in [2.45, 2.75) is 75.8 Å². The summed E-state index contributed by atoms with van der Waals surface area (Å²) < 4.78 is 11.4. The topological polar surface area (TPSA) is 137 Å². The molecule has 10 nitrogen and oxygen atoms in total. The van der Waals surface area contributed by atoms with Crippen LogP contribution in [0.15, 0.2) is 18.2 Å². The summed E-state index contributed by atoms with van der Waals surface area (Å²) in [7, 11) is -1.44. The number of piperidine rings is 1. The van der Waals surface area contributed by atoms with Crippen molar-refractivity contribution in [1.82, 2.24) is 5.32 Å². The van der Waals surface area contributed by atoms with Crippen LogP contribution in [0, 0.1) is 11.8 Å². The fourth-order valence-electron chi connectivity index (χ4n) is 6.74. The standard InChI is InChI=1S/C28H43N3O7Si/c1-18-25(39(3,4)36)23(12-15-32)38-28(18)21-16-20(30-26(34)19-8-7-13-29-17-19)10-11-22(21)31(27(28)35)14-6-5-9-24(33)37-2/h10-11,16,18-19,23,25,29,32,36H,5-9,12-15,17H2,1-4H3,(H,30,34)/t18-,19?,23+,25-,28+/m0/s1. The number of nitrogens with one attached hydrogen (secondary N) is 2. The zero-order valence-electron chi connectivity index (χ0n) is 23.5. The van der Waals surface area contributed by atoms with Gasteiger partial charge < -0.3 is 34.9 Å². The predicted octanol–water partition coefficient (Wildman–Crippen LogP) is 2.49. The highest BCUT2D eigenvalue weighted by molar-refractivity contribution is 6.71. The Balaban J connectivity index is 1.68. The predicted molar refractivity (Wildman–Crippen MR) is 150 cm³/mol. The molecule has 39 heavy (non-hydrogen) atoms. The molecule has 0 aliphatic carbocycles. The van der Waals surface area contributed by atoms with Crippen LogP contribution in [0.2, 0.25) is 18.6 Å². The molecular weight excluding hydrogens is 518 g/mol. The van der Waals surface area contributed by atoms with Gasteiger partial charge in [0.25, 0.3) is 5.91 Å². The van der Waals surface area contributed by atoms with E-state index in [1.165, 1.54) is 7.11 Å². The number of hydrogen-bond donors (Lipinski definition) is 4. The molecule has 1 spiro atoms. The number of aliphatic hydroxyl groups is 1. The number of ether oxygens (including phenoxy) is 2. The summed E-state index contributed by atoms with van der Waals surface area (Å²) in [6, 6.07) is 5.51. The molecule has 4 N–H and O–H groups in total. The van der Waals surface area contributed by atoms with Crippen molar-refractivity contribution in [2.75, 3.05) is 43.6 Å². The van der Waals surface area contributed by atoms with E-state index in [1.807, 2.05) is 38.2 Å². The number of carbonyl (C=O) groups is 3. The maximum absolute atomic E-state index is 14.3. The third-order valence-electron chi connectivity index (χ3n) is 8.57. The summed E-state index contributed by atoms with van der Waals surface area (Å²) in [5.41, 5.74) is 0.386. The second-order valence-corrected chi connectivity index (χ2v) is 15.6. The summed E-state index contributed by atoms with van der Waals surface area (Å²) in [4.78, 5) is 51.8. The number of carbonyl (C=O) groups excluding carboxylic acids is 3. The van der Waals surface area contributed by atoms with Gasteiger partial charge in [-0.25, -0.2) is 0 Å². The quantitative estimate of drug-likeness (QED) is 0.194. The van der Waals surface area contributed by atoms with Crippen LogP contribution in [-0.2, 0) is 29.5 Å². The zero-order valence-corrected chi connectivity index (χ0v) is 24.5. The first kappa shape index (κ1) is 29.7. The number of benzene rings is 1. The summed E-state index contributed by atoms with van der Waals surface area (Å²) in [6.45, 7) is 7.49. The third-order valence-corrected chi connectivity index (χ3v) is 11.1. The van der Waals surface area contributed by atoms with Gasteiger partial charge in [-0.05, 0) is 69.9 Å². The van der Waals surface area contributed by atoms with Crippen LogP contribution < -0.4 is 15.5 Å². The van der Waals surface area contributed by atoms with Crippen LogP contribution >= 0.6 is 0 Å². The number of anilines is 2. The lowest BCUT2D eigenvalue weighted by Gasteiger charge is -2.32. The van der Waals surface area contributed by atoms with E-state index in [2.05, 4.69) is 10.6 Å². The van der Waals surface area contributed by atoms with Crippen LogP contribution in [0.1, 0.15) is 51.0 Å². The third kappa shape index (κ3) is 5.78. The number of fused-ring (bicyclic) bond motifs is 2. The average Bonchev–Trinajstić information content (AvgIpc) is 3.33. The Morgan fingerprint density at radius 1 is 1.31 bits per heavy atom. The van der Waals surface area contributed by atoms with Gasteiger partial charge in [-0.3, -0.25) is 14.4 Å². The molecule has 1 aromatic carbocycles. The number of amides is 2. The van der Waals surface area contributed by atoms with Gasteiger partial charge in [-0.2, -0.15) is 0 Å². The maximum Gasteiger partial charge on any atom is 0.305 e. The van der Waals surface area contributed by atoms with Crippen molar-refractivity contribution in [3.63, 3.8) is 0 Å². The van der Waals surface area contributed by atoms with Gasteiger partial charge in [0.15, 0.2) is 13.9 Å². The number of methoxy groups -OCH3 is 1. The number of hydrogen-bond acceptors (Lipinski definition) is 8. The van der Waals surface area contributed by atoms with Gasteiger partial charge in [0.05, 0.1) is 24.8 Å². The Bertz CT molecular complexity index is 1070. The second kappa shape index (κ2) is 12.1. The highest BCUT2D eigenvalue weighted by atomic mass is 28.4. The SMILES string of the molecule is COC(=O)CCCCN1C(=O)[C@]2(O[C@H](CCO)[C@@H]([Si](C)(C)O)[C@@H]2C)c2cc(NC(=O)C3CCCNC3)ccc21. The molecule has 4 rings (SSSR count). The summed E-state index contributed by atoms with van der Waals surface area (Å²) in [5, 5.41) is 16.1. The smallest absolute Gasteiger partial charge is 0.305 e. The Morgan fingerprint density at radius 2 is 2.08 bits per heavy atom. The van der Waals surface area contributed by atoms with E-state index in [4.69, 9.17) is 9.47 Å². The fourth-order valence-corrected chi connectivity index (χ4v) is 9.34. The lowest BCUT2D eigenvalue weighted by molar-refractivity contribution is -0.146. The first-order valence-corrected chi connectivity index (χ1v) is 17.1. The fraction of sp³-hybridized carbons (Fsp3) is 0.679. The van der Waals surface area contributed by atoms with Crippen molar-refractivity contribution in [1.29, 1.82) is 0 Å². The van der Waals surface area contributed by atoms with Gasteiger partial charge in [0.1, 0.15) is 0 Å². The summed E-state index contributed by atoms with van der Waals surface area (Å²) in [5.74, 6) is -1.01. The lowest BCUT2D eigenvalue weighted by atomic mass is 9.82. The normalized spacial score (nSPS) is 28.6. The summed E-state index contributed by atoms with van der Waals surface area (Å²) in [6.07, 6.45) is 3.07. The van der Waals surface area contributed by atoms with E-state index >= 15 is 0 Å². The van der Waals surface area contributed by atoms with Crippen LogP contribution in [0.4, 0.5) is 11.4 Å². The number of nitrogens with zero attached hydrogens (tertiary/aromatic N) is 1. The van der Waals surface area contributed by atoms with Crippen LogP contribution in [-0.4, -0.2) is 75.5 Å². The molecule has 216 valence electrons. The molecule has 0 saturated carbocycles. The van der Waals surface area contributed by atoms with E-state index in [1.54, 1.807) is 4.90 Å². The van der Waals surface area contributed by atoms with E-state index in [9.17, 15) is 24.3 Å². The Kier molecular flexibility index (Phi) is 9.17. The van der Waals surface area contributed by atoms with E-state index < -0.39 is 20.0 Å². The minimum Gasteiger partial charge on any atom is -0.469 e. The van der Waals surface area contributed by atoms with Crippen molar-refractivity contribution in [3.8, 4) is 0 Å². The molecule has 1 unspecified atom stereocenters. The Labute approximate surface area is 231 Å². The minimum atomic E-state index is -2.80. The molecule has 0 aromatic heterocycles. The molecule has 5 atom stereocenters. The number of esters is 1. The molecule has 1 aromatic rings. The van der Waals surface area contributed by atoms with Crippen LogP contribution in [0.25, 0.3) is 0 Å². The van der Waals surface area contributed by atoms with Gasteiger partial charge in [0, 0.05) is 48.8 Å². The maximum atomic E-state index is 14.3. The highest BCUT2D eigenvalue weighted by Gasteiger charge is 2.66. The molecule has 2 saturated heterocycles. The van der Waals surface area contributed by atoms with Crippen molar-refractivity contribution < 1.29 is 33.8 Å². The van der Waals surface area contributed by atoms with Gasteiger partial charge in [-0.1, -0.05) is 6.92 Å². The Morgan fingerprint density at radius 3 is 2.72 bits per heavy atom. The zero-order chi connectivity index (χ0) is 28.4. The van der Waals surface area contributed by atoms with E-state index in [-0.39, 0.29) is 48.2 Å². The van der Waals surface area contributed by atoms with E-state index in [0.29, 0.717) is 49.3 Å². The first-order chi connectivity index (χ1) is 18.5. The highest BCUT2D eigenvalue weighted by Crippen LogP contribution is 2.59. The molecule has 3 aliphatic heterocycles. The van der Waals surface area contributed by atoms with E-state index in [0.717, 1.165) is 19.4 Å². The number of rotatable bonds is 10. The van der Waals surface area contributed by atoms with Crippen molar-refractivity contribution in [3.05, 3.63) is 23.8 Å². The molecule has 0 radical (unpaired) electrons. The molecule has 2 amide bonds. The molecule has 11 heteroatoms. The monoisotopic (exact) mass is 561 g/mol. The molecule has 3 aliphatic rings. The first-order valence-electron chi connectivity index (χ1n) is 14.1. The number of aliphatic hydroxyl groups excluding tert-OH is 1. The minimum absolute atomic E-state index is 0.0551. The molecular formula is C28H43N3O7Si. The largest absolute Gasteiger partial charge is 0.469 e. The van der Waals surface area contributed by atoms with Crippen LogP contribution in [0.5, 0.6) is 0 Å². The van der Waals surface area contributed by atoms with Crippen LogP contribution in [0.3, 0.4) is 0 Å². The second-order valence-electron chi connectivity index (χ2n) is 11.6. The summed E-state index contributed by atoms with van der Waals surface area (Å²) >= 11 is 0. The van der Waals surface area contributed by atoms with Gasteiger partial charge in [-0.15, -0.1) is 0 Å². The lowest BCUT2D eigenvalue weighted by Crippen LogP contribution is -2.46. The molecule has 2 fully saturated rings. The average molecular weight is 562 g/mol. The van der Waals surface area contributed by atoms with Crippen molar-refractivity contribution >= 4 is 37.5 Å². The molecule has 3 heterocycles. The number of unbranched alkanes of at least 4 members (excludes halogenated alkanes) is 1. The molecule has 0 bridgehead atoms.